The number of amides is 2. The van der Waals surface area contributed by atoms with Crippen LogP contribution in [-0.2, 0) is 33.3 Å². The first-order chi connectivity index (χ1) is 14.5. The van der Waals surface area contributed by atoms with Crippen LogP contribution in [0.3, 0.4) is 0 Å². The van der Waals surface area contributed by atoms with Crippen molar-refractivity contribution in [2.75, 3.05) is 5.32 Å². The fraction of sp³-hybridized carbons (Fsp3) is 0.636. The summed E-state index contributed by atoms with van der Waals surface area (Å²) in [4.78, 5) is 25.7. The highest BCUT2D eigenvalue weighted by molar-refractivity contribution is 5.98. The molecule has 170 valence electrons. The maximum atomic E-state index is 13.1. The van der Waals surface area contributed by atoms with E-state index >= 15 is 0 Å². The highest BCUT2D eigenvalue weighted by Crippen LogP contribution is 2.44. The van der Waals surface area contributed by atoms with E-state index in [9.17, 15) is 9.59 Å². The standard InChI is InChI=1S/C22H30N2O7/c1-11-9-7-8-10-13(11)24-18(25)12(2)23-19(26)16-14-15(29-21(3,4)28-14)17-20(27-16)31-22(5,6)30-17/h7-10,12,14-17,20H,1-6H3,(H,23,26)(H,24,25)/t12-,14-,15+,16+,17-,20-/m1/s1. The number of fused-ring (bicyclic) bond motifs is 3. The molecule has 3 aliphatic rings. The van der Waals surface area contributed by atoms with Gasteiger partial charge < -0.3 is 34.3 Å². The van der Waals surface area contributed by atoms with Gasteiger partial charge in [-0.2, -0.15) is 0 Å². The minimum atomic E-state index is -1.01. The van der Waals surface area contributed by atoms with Gasteiger partial charge in [0.2, 0.25) is 5.91 Å². The van der Waals surface area contributed by atoms with Gasteiger partial charge in [-0.25, -0.2) is 0 Å². The summed E-state index contributed by atoms with van der Waals surface area (Å²) < 4.78 is 29.7. The number of aryl methyl sites for hydroxylation is 1. The molecule has 2 N–H and O–H groups in total. The molecule has 31 heavy (non-hydrogen) atoms. The molecule has 0 unspecified atom stereocenters. The Hall–Kier alpha value is -2.04. The summed E-state index contributed by atoms with van der Waals surface area (Å²) in [5.74, 6) is -2.59. The van der Waals surface area contributed by atoms with Crippen LogP contribution in [0.1, 0.15) is 40.2 Å². The van der Waals surface area contributed by atoms with Gasteiger partial charge in [-0.1, -0.05) is 18.2 Å². The lowest BCUT2D eigenvalue weighted by Crippen LogP contribution is -2.60. The number of ether oxygens (including phenoxy) is 5. The van der Waals surface area contributed by atoms with Gasteiger partial charge in [0.05, 0.1) is 0 Å². The highest BCUT2D eigenvalue weighted by Gasteiger charge is 2.62. The van der Waals surface area contributed by atoms with Gasteiger partial charge in [0, 0.05) is 5.69 Å². The zero-order chi connectivity index (χ0) is 22.6. The Morgan fingerprint density at radius 2 is 1.55 bits per heavy atom. The molecule has 0 saturated carbocycles. The molecule has 0 spiro atoms. The number of benzene rings is 1. The summed E-state index contributed by atoms with van der Waals surface area (Å²) in [5.41, 5.74) is 1.62. The smallest absolute Gasteiger partial charge is 0.252 e. The maximum Gasteiger partial charge on any atom is 0.252 e. The van der Waals surface area contributed by atoms with E-state index in [1.807, 2.05) is 31.2 Å². The predicted octanol–water partition coefficient (Wildman–Crippen LogP) is 1.83. The number of hydrogen-bond acceptors (Lipinski definition) is 7. The second-order valence-corrected chi connectivity index (χ2v) is 9.12. The van der Waals surface area contributed by atoms with Crippen molar-refractivity contribution < 1.29 is 33.3 Å². The first-order valence-electron chi connectivity index (χ1n) is 10.5. The minimum Gasteiger partial charge on any atom is -0.342 e. The Bertz CT molecular complexity index is 871. The van der Waals surface area contributed by atoms with Crippen molar-refractivity contribution in [3.05, 3.63) is 29.8 Å². The van der Waals surface area contributed by atoms with Crippen LogP contribution in [0.25, 0.3) is 0 Å². The molecule has 0 radical (unpaired) electrons. The van der Waals surface area contributed by atoms with E-state index in [0.29, 0.717) is 5.69 Å². The van der Waals surface area contributed by atoms with Crippen LogP contribution in [0.5, 0.6) is 0 Å². The monoisotopic (exact) mass is 434 g/mol. The zero-order valence-corrected chi connectivity index (χ0v) is 18.6. The molecular formula is C22H30N2O7. The molecule has 3 heterocycles. The van der Waals surface area contributed by atoms with Crippen LogP contribution >= 0.6 is 0 Å². The van der Waals surface area contributed by atoms with E-state index < -0.39 is 54.2 Å². The van der Waals surface area contributed by atoms with Crippen LogP contribution < -0.4 is 10.6 Å². The first-order valence-corrected chi connectivity index (χ1v) is 10.5. The molecular weight excluding hydrogens is 404 g/mol. The molecule has 2 amide bonds. The van der Waals surface area contributed by atoms with Crippen molar-refractivity contribution in [2.24, 2.45) is 0 Å². The summed E-state index contributed by atoms with van der Waals surface area (Å²) in [7, 11) is 0. The molecule has 0 aromatic heterocycles. The van der Waals surface area contributed by atoms with Crippen molar-refractivity contribution in [1.82, 2.24) is 5.32 Å². The summed E-state index contributed by atoms with van der Waals surface area (Å²) in [5, 5.41) is 5.55. The lowest BCUT2D eigenvalue weighted by molar-refractivity contribution is -0.231. The minimum absolute atomic E-state index is 0.335. The second kappa shape index (κ2) is 7.83. The third-order valence-corrected chi connectivity index (χ3v) is 5.57. The van der Waals surface area contributed by atoms with E-state index in [1.165, 1.54) is 0 Å². The van der Waals surface area contributed by atoms with Gasteiger partial charge in [-0.3, -0.25) is 9.59 Å². The molecule has 0 aliphatic carbocycles. The number of rotatable bonds is 4. The topological polar surface area (TPSA) is 104 Å². The number of carbonyl (C=O) groups excluding carboxylic acids is 2. The average Bonchev–Trinajstić information content (AvgIpc) is 3.16. The third-order valence-electron chi connectivity index (χ3n) is 5.57. The van der Waals surface area contributed by atoms with Crippen LogP contribution in [0.15, 0.2) is 24.3 Å². The van der Waals surface area contributed by atoms with Gasteiger partial charge in [0.25, 0.3) is 5.91 Å². The largest absolute Gasteiger partial charge is 0.342 e. The summed E-state index contributed by atoms with van der Waals surface area (Å²) >= 11 is 0. The van der Waals surface area contributed by atoms with Gasteiger partial charge in [0.15, 0.2) is 24.0 Å². The fourth-order valence-electron chi connectivity index (χ4n) is 4.14. The lowest BCUT2D eigenvalue weighted by Gasteiger charge is -2.36. The van der Waals surface area contributed by atoms with Crippen molar-refractivity contribution in [3.8, 4) is 0 Å². The Labute approximate surface area is 181 Å². The first kappa shape index (κ1) is 22.2. The van der Waals surface area contributed by atoms with Gasteiger partial charge >= 0.3 is 0 Å². The molecule has 1 aromatic carbocycles. The van der Waals surface area contributed by atoms with Gasteiger partial charge in [-0.05, 0) is 53.2 Å². The van der Waals surface area contributed by atoms with Crippen LogP contribution in [0.2, 0.25) is 0 Å². The van der Waals surface area contributed by atoms with E-state index in [1.54, 1.807) is 34.6 Å². The molecule has 3 aliphatic heterocycles. The fourth-order valence-corrected chi connectivity index (χ4v) is 4.14. The number of nitrogens with one attached hydrogen (secondary N) is 2. The van der Waals surface area contributed by atoms with E-state index in [0.717, 1.165) is 5.56 Å². The Morgan fingerprint density at radius 1 is 0.935 bits per heavy atom. The third kappa shape index (κ3) is 4.47. The van der Waals surface area contributed by atoms with Gasteiger partial charge in [0.1, 0.15) is 24.4 Å². The van der Waals surface area contributed by atoms with E-state index in [2.05, 4.69) is 10.6 Å². The molecule has 0 bridgehead atoms. The predicted molar refractivity (Wildman–Crippen MR) is 110 cm³/mol. The SMILES string of the molecule is Cc1ccccc1NC(=O)[C@@H](C)NC(=O)[C@H]1O[C@@H]2OC(C)(C)O[C@@H]2[C@H]2OC(C)(C)O[C@H]21. The number of para-hydroxylation sites is 1. The molecule has 3 fully saturated rings. The normalized spacial score (nSPS) is 33.8. The lowest BCUT2D eigenvalue weighted by atomic mass is 9.98. The molecule has 4 rings (SSSR count). The molecule has 9 nitrogen and oxygen atoms in total. The summed E-state index contributed by atoms with van der Waals surface area (Å²) in [6, 6.07) is 6.64. The van der Waals surface area contributed by atoms with Crippen LogP contribution in [-0.4, -0.2) is 60.1 Å². The second-order valence-electron chi connectivity index (χ2n) is 9.12. The number of hydrogen-bond donors (Lipinski definition) is 2. The van der Waals surface area contributed by atoms with Crippen molar-refractivity contribution in [1.29, 1.82) is 0 Å². The average molecular weight is 434 g/mol. The summed E-state index contributed by atoms with van der Waals surface area (Å²) in [6.45, 7) is 10.6. The molecule has 9 heteroatoms. The van der Waals surface area contributed by atoms with Crippen LogP contribution in [0.4, 0.5) is 5.69 Å². The van der Waals surface area contributed by atoms with Crippen molar-refractivity contribution in [3.63, 3.8) is 0 Å². The zero-order valence-electron chi connectivity index (χ0n) is 18.6. The molecule has 3 saturated heterocycles. The molecule has 1 aromatic rings. The molecule has 6 atom stereocenters. The van der Waals surface area contributed by atoms with Crippen molar-refractivity contribution >= 4 is 17.5 Å². The van der Waals surface area contributed by atoms with Gasteiger partial charge in [-0.15, -0.1) is 0 Å². The Balaban J connectivity index is 1.46. The summed E-state index contributed by atoms with van der Waals surface area (Å²) in [6.07, 6.45) is -3.55. The quantitative estimate of drug-likeness (QED) is 0.745. The number of anilines is 1. The van der Waals surface area contributed by atoms with E-state index in [4.69, 9.17) is 23.7 Å². The van der Waals surface area contributed by atoms with Crippen LogP contribution in [0, 0.1) is 6.92 Å². The number of carbonyl (C=O) groups is 2. The maximum absolute atomic E-state index is 13.1. The van der Waals surface area contributed by atoms with E-state index in [-0.39, 0.29) is 5.91 Å². The highest BCUT2D eigenvalue weighted by atomic mass is 16.9. The van der Waals surface area contributed by atoms with Crippen molar-refractivity contribution in [2.45, 2.75) is 89.9 Å². The Kier molecular flexibility index (Phi) is 5.60. The Morgan fingerprint density at radius 3 is 2.26 bits per heavy atom.